The van der Waals surface area contributed by atoms with Gasteiger partial charge in [0.05, 0.1) is 31.1 Å². The van der Waals surface area contributed by atoms with Crippen LogP contribution >= 0.6 is 0 Å². The molecular weight excluding hydrogens is 296 g/mol. The number of rotatable bonds is 4. The summed E-state index contributed by atoms with van der Waals surface area (Å²) in [6.07, 6.45) is 0.481. The molecule has 0 saturated carbocycles. The number of amides is 1. The number of carbonyl (C=O) groups is 2. The summed E-state index contributed by atoms with van der Waals surface area (Å²) in [5.74, 6) is -0.308. The second kappa shape index (κ2) is 6.31. The van der Waals surface area contributed by atoms with E-state index in [4.69, 9.17) is 4.74 Å². The van der Waals surface area contributed by atoms with Crippen molar-refractivity contribution in [1.82, 2.24) is 10.2 Å². The van der Waals surface area contributed by atoms with Crippen LogP contribution in [0.15, 0.2) is 0 Å². The second-order valence-electron chi connectivity index (χ2n) is 5.97. The van der Waals surface area contributed by atoms with Crippen molar-refractivity contribution in [3.05, 3.63) is 0 Å². The molecule has 0 aromatic heterocycles. The number of ether oxygens (including phenoxy) is 1. The van der Waals surface area contributed by atoms with E-state index >= 15 is 0 Å². The van der Waals surface area contributed by atoms with E-state index in [9.17, 15) is 18.0 Å². The van der Waals surface area contributed by atoms with E-state index in [1.807, 2.05) is 11.8 Å². The van der Waals surface area contributed by atoms with E-state index in [1.54, 1.807) is 0 Å². The maximum atomic E-state index is 12.0. The van der Waals surface area contributed by atoms with Gasteiger partial charge < -0.3 is 10.1 Å². The van der Waals surface area contributed by atoms with E-state index in [0.29, 0.717) is 19.5 Å². The quantitative estimate of drug-likeness (QED) is 0.671. The molecule has 0 radical (unpaired) electrons. The SMILES string of the molecule is COC(=O)C1CN(CC(=O)NC2CCS(=O)(=O)C2)CC1C. The molecule has 1 amide bonds. The molecule has 3 atom stereocenters. The van der Waals surface area contributed by atoms with Gasteiger partial charge in [0.15, 0.2) is 9.84 Å². The fourth-order valence-electron chi connectivity index (χ4n) is 3.04. The number of hydrogen-bond acceptors (Lipinski definition) is 6. The summed E-state index contributed by atoms with van der Waals surface area (Å²) in [5, 5.41) is 2.76. The van der Waals surface area contributed by atoms with Crippen molar-refractivity contribution in [3.8, 4) is 0 Å². The minimum Gasteiger partial charge on any atom is -0.469 e. The average Bonchev–Trinajstić information content (AvgIpc) is 2.91. The molecule has 2 saturated heterocycles. The molecule has 0 aromatic carbocycles. The zero-order valence-corrected chi connectivity index (χ0v) is 13.2. The summed E-state index contributed by atoms with van der Waals surface area (Å²) in [4.78, 5) is 25.5. The van der Waals surface area contributed by atoms with Gasteiger partial charge in [0.2, 0.25) is 5.91 Å². The number of nitrogens with zero attached hydrogens (tertiary/aromatic N) is 1. The van der Waals surface area contributed by atoms with E-state index in [1.165, 1.54) is 7.11 Å². The highest BCUT2D eigenvalue weighted by Crippen LogP contribution is 2.23. The standard InChI is InChI=1S/C13H22N2O5S/c1-9-5-15(6-11(9)13(17)20-2)7-12(16)14-10-3-4-21(18,19)8-10/h9-11H,3-8H2,1-2H3,(H,14,16). The number of carbonyl (C=O) groups excluding carboxylic acids is 2. The molecule has 0 bridgehead atoms. The monoisotopic (exact) mass is 318 g/mol. The number of esters is 1. The second-order valence-corrected chi connectivity index (χ2v) is 8.20. The molecule has 2 rings (SSSR count). The molecule has 2 aliphatic rings. The molecule has 0 spiro atoms. The Bertz CT molecular complexity index is 519. The Morgan fingerprint density at radius 1 is 1.33 bits per heavy atom. The van der Waals surface area contributed by atoms with Crippen LogP contribution in [0.1, 0.15) is 13.3 Å². The maximum absolute atomic E-state index is 12.0. The van der Waals surface area contributed by atoms with Crippen molar-refractivity contribution < 1.29 is 22.7 Å². The van der Waals surface area contributed by atoms with Crippen molar-refractivity contribution in [3.63, 3.8) is 0 Å². The molecule has 2 aliphatic heterocycles. The molecule has 120 valence electrons. The van der Waals surface area contributed by atoms with Gasteiger partial charge in [0.25, 0.3) is 0 Å². The van der Waals surface area contributed by atoms with Gasteiger partial charge in [-0.3, -0.25) is 14.5 Å². The Hall–Kier alpha value is -1.15. The van der Waals surface area contributed by atoms with Crippen molar-refractivity contribution in [2.75, 3.05) is 38.2 Å². The molecule has 3 unspecified atom stereocenters. The van der Waals surface area contributed by atoms with Gasteiger partial charge >= 0.3 is 5.97 Å². The number of sulfone groups is 1. The van der Waals surface area contributed by atoms with Crippen LogP contribution in [-0.4, -0.2) is 69.5 Å². The van der Waals surface area contributed by atoms with Gasteiger partial charge in [0, 0.05) is 19.1 Å². The smallest absolute Gasteiger partial charge is 0.310 e. The Morgan fingerprint density at radius 2 is 2.05 bits per heavy atom. The third-order valence-corrected chi connectivity index (χ3v) is 5.92. The van der Waals surface area contributed by atoms with Crippen LogP contribution in [0.2, 0.25) is 0 Å². The molecule has 0 aromatic rings. The maximum Gasteiger partial charge on any atom is 0.310 e. The predicted molar refractivity (Wildman–Crippen MR) is 76.3 cm³/mol. The van der Waals surface area contributed by atoms with Crippen LogP contribution < -0.4 is 5.32 Å². The summed E-state index contributed by atoms with van der Waals surface area (Å²) < 4.78 is 27.5. The highest BCUT2D eigenvalue weighted by Gasteiger charge is 2.36. The van der Waals surface area contributed by atoms with Gasteiger partial charge in [-0.1, -0.05) is 6.92 Å². The van der Waals surface area contributed by atoms with Crippen molar-refractivity contribution >= 4 is 21.7 Å². The minimum absolute atomic E-state index is 0.0277. The minimum atomic E-state index is -2.99. The normalized spacial score (nSPS) is 32.0. The van der Waals surface area contributed by atoms with Crippen molar-refractivity contribution in [1.29, 1.82) is 0 Å². The number of likely N-dealkylation sites (tertiary alicyclic amines) is 1. The van der Waals surface area contributed by atoms with E-state index in [0.717, 1.165) is 0 Å². The third-order valence-electron chi connectivity index (χ3n) is 4.16. The van der Waals surface area contributed by atoms with Gasteiger partial charge in [-0.2, -0.15) is 0 Å². The lowest BCUT2D eigenvalue weighted by atomic mass is 9.99. The molecule has 0 aliphatic carbocycles. The van der Waals surface area contributed by atoms with E-state index in [2.05, 4.69) is 5.32 Å². The van der Waals surface area contributed by atoms with Crippen LogP contribution in [0.5, 0.6) is 0 Å². The highest BCUT2D eigenvalue weighted by atomic mass is 32.2. The summed E-state index contributed by atoms with van der Waals surface area (Å²) in [6.45, 7) is 3.32. The highest BCUT2D eigenvalue weighted by molar-refractivity contribution is 7.91. The summed E-state index contributed by atoms with van der Waals surface area (Å²) >= 11 is 0. The summed E-state index contributed by atoms with van der Waals surface area (Å²) in [7, 11) is -1.62. The Labute approximate surface area is 124 Å². The van der Waals surface area contributed by atoms with Crippen molar-refractivity contribution in [2.24, 2.45) is 11.8 Å². The van der Waals surface area contributed by atoms with Crippen LogP contribution in [0.4, 0.5) is 0 Å². The largest absolute Gasteiger partial charge is 0.469 e. The van der Waals surface area contributed by atoms with Crippen LogP contribution in [-0.2, 0) is 24.2 Å². The van der Waals surface area contributed by atoms with Gasteiger partial charge in [-0.05, 0) is 12.3 Å². The summed E-state index contributed by atoms with van der Waals surface area (Å²) in [5.41, 5.74) is 0. The van der Waals surface area contributed by atoms with Gasteiger partial charge in [0.1, 0.15) is 0 Å². The fraction of sp³-hybridized carbons (Fsp3) is 0.846. The zero-order valence-electron chi connectivity index (χ0n) is 12.4. The molecule has 8 heteroatoms. The van der Waals surface area contributed by atoms with E-state index in [-0.39, 0.29) is 47.8 Å². The number of nitrogens with one attached hydrogen (secondary N) is 1. The molecular formula is C13H22N2O5S. The lowest BCUT2D eigenvalue weighted by Gasteiger charge is -2.17. The van der Waals surface area contributed by atoms with Gasteiger partial charge in [-0.15, -0.1) is 0 Å². The van der Waals surface area contributed by atoms with Crippen LogP contribution in [0.25, 0.3) is 0 Å². The average molecular weight is 318 g/mol. The number of hydrogen-bond donors (Lipinski definition) is 1. The Balaban J connectivity index is 1.80. The summed E-state index contributed by atoms with van der Waals surface area (Å²) in [6, 6.07) is -0.279. The topological polar surface area (TPSA) is 92.8 Å². The Morgan fingerprint density at radius 3 is 2.62 bits per heavy atom. The van der Waals surface area contributed by atoms with E-state index < -0.39 is 9.84 Å². The van der Waals surface area contributed by atoms with Gasteiger partial charge in [-0.25, -0.2) is 8.42 Å². The van der Waals surface area contributed by atoms with Crippen molar-refractivity contribution in [2.45, 2.75) is 19.4 Å². The fourth-order valence-corrected chi connectivity index (χ4v) is 4.71. The zero-order chi connectivity index (χ0) is 15.6. The Kier molecular flexibility index (Phi) is 4.88. The van der Waals surface area contributed by atoms with Crippen LogP contribution in [0.3, 0.4) is 0 Å². The predicted octanol–water partition coefficient (Wildman–Crippen LogP) is -0.969. The lowest BCUT2D eigenvalue weighted by Crippen LogP contribution is -2.42. The molecule has 1 N–H and O–H groups in total. The first-order chi connectivity index (χ1) is 9.80. The van der Waals surface area contributed by atoms with Crippen LogP contribution in [0, 0.1) is 11.8 Å². The molecule has 7 nitrogen and oxygen atoms in total. The molecule has 21 heavy (non-hydrogen) atoms. The molecule has 2 heterocycles. The third kappa shape index (κ3) is 4.16. The molecule has 2 fully saturated rings. The first-order valence-corrected chi connectivity index (χ1v) is 8.93. The first kappa shape index (κ1) is 16.2. The first-order valence-electron chi connectivity index (χ1n) is 7.10. The lowest BCUT2D eigenvalue weighted by molar-refractivity contribution is -0.146. The number of methoxy groups -OCH3 is 1.